The van der Waals surface area contributed by atoms with Gasteiger partial charge in [-0.25, -0.2) is 9.78 Å². The molecule has 1 amide bonds. The third kappa shape index (κ3) is 2.93. The highest BCUT2D eigenvalue weighted by Gasteiger charge is 2.41. The van der Waals surface area contributed by atoms with Crippen molar-refractivity contribution in [2.24, 2.45) is 5.73 Å². The number of hydrogen-bond donors (Lipinski definition) is 3. The molecule has 6 nitrogen and oxygen atoms in total. The lowest BCUT2D eigenvalue weighted by molar-refractivity contribution is -0.145. The fourth-order valence-electron chi connectivity index (χ4n) is 2.34. The molecular formula is C12H17N3O3S. The van der Waals surface area contributed by atoms with Crippen LogP contribution in [0.25, 0.3) is 0 Å². The predicted octanol–water partition coefficient (Wildman–Crippen LogP) is 1.12. The van der Waals surface area contributed by atoms with Crippen LogP contribution in [0, 0.1) is 0 Å². The lowest BCUT2D eigenvalue weighted by Gasteiger charge is -2.33. The van der Waals surface area contributed by atoms with Gasteiger partial charge in [-0.15, -0.1) is 11.3 Å². The van der Waals surface area contributed by atoms with E-state index in [0.29, 0.717) is 17.8 Å². The van der Waals surface area contributed by atoms with Gasteiger partial charge in [0, 0.05) is 11.9 Å². The van der Waals surface area contributed by atoms with Crippen molar-refractivity contribution in [2.45, 2.75) is 44.2 Å². The predicted molar refractivity (Wildman–Crippen MR) is 70.9 cm³/mol. The molecular weight excluding hydrogens is 266 g/mol. The second kappa shape index (κ2) is 5.66. The molecule has 4 N–H and O–H groups in total. The molecule has 1 heterocycles. The molecule has 7 heteroatoms. The van der Waals surface area contributed by atoms with Crippen molar-refractivity contribution in [2.75, 3.05) is 0 Å². The van der Waals surface area contributed by atoms with E-state index in [0.717, 1.165) is 19.3 Å². The summed E-state index contributed by atoms with van der Waals surface area (Å²) in [6.45, 7) is 0.280. The van der Waals surface area contributed by atoms with Crippen LogP contribution in [-0.2, 0) is 11.3 Å². The minimum absolute atomic E-state index is 0.247. The quantitative estimate of drug-likeness (QED) is 0.768. The van der Waals surface area contributed by atoms with E-state index in [-0.39, 0.29) is 12.2 Å². The van der Waals surface area contributed by atoms with E-state index >= 15 is 0 Å². The molecule has 1 aliphatic carbocycles. The van der Waals surface area contributed by atoms with E-state index in [9.17, 15) is 14.7 Å². The summed E-state index contributed by atoms with van der Waals surface area (Å²) in [5.41, 5.74) is 4.55. The van der Waals surface area contributed by atoms with Crippen LogP contribution in [0.2, 0.25) is 0 Å². The van der Waals surface area contributed by atoms with Gasteiger partial charge in [-0.2, -0.15) is 0 Å². The summed E-state index contributed by atoms with van der Waals surface area (Å²) in [6, 6.07) is 0. The molecule has 0 spiro atoms. The Labute approximate surface area is 115 Å². The van der Waals surface area contributed by atoms with Gasteiger partial charge in [0.05, 0.1) is 0 Å². The Kier molecular flexibility index (Phi) is 4.16. The number of carboxylic acid groups (broad SMARTS) is 1. The molecule has 0 bridgehead atoms. The number of amides is 1. The van der Waals surface area contributed by atoms with E-state index in [1.807, 2.05) is 0 Å². The number of carboxylic acids is 1. The van der Waals surface area contributed by atoms with E-state index < -0.39 is 17.4 Å². The summed E-state index contributed by atoms with van der Waals surface area (Å²) < 4.78 is 0. The zero-order valence-electron chi connectivity index (χ0n) is 10.5. The Morgan fingerprint density at radius 2 is 2.11 bits per heavy atom. The number of nitrogens with two attached hydrogens (primary N) is 1. The monoisotopic (exact) mass is 283 g/mol. The number of thiazole rings is 1. The van der Waals surface area contributed by atoms with Gasteiger partial charge in [0.2, 0.25) is 0 Å². The molecule has 2 rings (SSSR count). The zero-order valence-corrected chi connectivity index (χ0v) is 11.3. The van der Waals surface area contributed by atoms with Gasteiger partial charge in [-0.1, -0.05) is 19.3 Å². The van der Waals surface area contributed by atoms with Crippen molar-refractivity contribution in [3.8, 4) is 0 Å². The standard InChI is InChI=1S/C12H17N3O3S/c13-6-9-14-8(7-19-9)10(16)15-12(11(17)18)4-2-1-3-5-12/h7H,1-6,13H2,(H,15,16)(H,17,18). The maximum absolute atomic E-state index is 12.1. The zero-order chi connectivity index (χ0) is 13.9. The van der Waals surface area contributed by atoms with E-state index in [2.05, 4.69) is 10.3 Å². The van der Waals surface area contributed by atoms with Gasteiger partial charge in [0.15, 0.2) is 0 Å². The number of nitrogens with one attached hydrogen (secondary N) is 1. The van der Waals surface area contributed by atoms with Gasteiger partial charge in [-0.05, 0) is 12.8 Å². The molecule has 104 valence electrons. The minimum atomic E-state index is -1.14. The minimum Gasteiger partial charge on any atom is -0.480 e. The number of carbonyl (C=O) groups is 2. The fraction of sp³-hybridized carbons (Fsp3) is 0.583. The number of aromatic nitrogens is 1. The number of rotatable bonds is 4. The van der Waals surface area contributed by atoms with Gasteiger partial charge >= 0.3 is 5.97 Å². The number of carbonyl (C=O) groups excluding carboxylic acids is 1. The maximum atomic E-state index is 12.1. The normalized spacial score (nSPS) is 17.9. The SMILES string of the molecule is NCc1nc(C(=O)NC2(C(=O)O)CCCCC2)cs1. The van der Waals surface area contributed by atoms with Gasteiger partial charge in [0.25, 0.3) is 5.91 Å². The first-order valence-electron chi connectivity index (χ1n) is 6.28. The second-order valence-corrected chi connectivity index (χ2v) is 5.68. The van der Waals surface area contributed by atoms with Crippen LogP contribution >= 0.6 is 11.3 Å². The lowest BCUT2D eigenvalue weighted by atomic mass is 9.81. The van der Waals surface area contributed by atoms with Crippen LogP contribution in [0.5, 0.6) is 0 Å². The van der Waals surface area contributed by atoms with E-state index in [4.69, 9.17) is 5.73 Å². The molecule has 0 atom stereocenters. The first-order chi connectivity index (χ1) is 9.07. The summed E-state index contributed by atoms with van der Waals surface area (Å²) in [5, 5.41) is 14.3. The van der Waals surface area contributed by atoms with Crippen LogP contribution < -0.4 is 11.1 Å². The summed E-state index contributed by atoms with van der Waals surface area (Å²) in [4.78, 5) is 27.6. The smallest absolute Gasteiger partial charge is 0.329 e. The Balaban J connectivity index is 2.12. The van der Waals surface area contributed by atoms with Gasteiger partial charge in [-0.3, -0.25) is 4.79 Å². The highest BCUT2D eigenvalue weighted by Crippen LogP contribution is 2.29. The molecule has 0 aliphatic heterocycles. The highest BCUT2D eigenvalue weighted by molar-refractivity contribution is 7.09. The van der Waals surface area contributed by atoms with Crippen molar-refractivity contribution in [1.29, 1.82) is 0 Å². The summed E-state index contributed by atoms with van der Waals surface area (Å²) in [5.74, 6) is -1.39. The summed E-state index contributed by atoms with van der Waals surface area (Å²) in [6.07, 6.45) is 3.60. The second-order valence-electron chi connectivity index (χ2n) is 4.73. The Bertz CT molecular complexity index is 480. The number of hydrogen-bond acceptors (Lipinski definition) is 5. The Morgan fingerprint density at radius 1 is 1.42 bits per heavy atom. The molecule has 0 saturated heterocycles. The number of aliphatic carboxylic acids is 1. The van der Waals surface area contributed by atoms with Crippen LogP contribution in [0.1, 0.15) is 47.6 Å². The molecule has 19 heavy (non-hydrogen) atoms. The summed E-state index contributed by atoms with van der Waals surface area (Å²) in [7, 11) is 0. The molecule has 0 unspecified atom stereocenters. The van der Waals surface area contributed by atoms with Crippen molar-refractivity contribution < 1.29 is 14.7 Å². The molecule has 1 fully saturated rings. The van der Waals surface area contributed by atoms with Crippen molar-refractivity contribution in [3.05, 3.63) is 16.1 Å². The maximum Gasteiger partial charge on any atom is 0.329 e. The van der Waals surface area contributed by atoms with Gasteiger partial charge < -0.3 is 16.2 Å². The molecule has 1 aromatic heterocycles. The van der Waals surface area contributed by atoms with Crippen LogP contribution in [-0.4, -0.2) is 27.5 Å². The Morgan fingerprint density at radius 3 is 2.63 bits per heavy atom. The van der Waals surface area contributed by atoms with E-state index in [1.165, 1.54) is 11.3 Å². The fourth-order valence-corrected chi connectivity index (χ4v) is 2.99. The highest BCUT2D eigenvalue weighted by atomic mass is 32.1. The van der Waals surface area contributed by atoms with Crippen LogP contribution in [0.15, 0.2) is 5.38 Å². The third-order valence-electron chi connectivity index (χ3n) is 3.43. The summed E-state index contributed by atoms with van der Waals surface area (Å²) >= 11 is 1.30. The molecule has 0 radical (unpaired) electrons. The van der Waals surface area contributed by atoms with Crippen LogP contribution in [0.4, 0.5) is 0 Å². The topological polar surface area (TPSA) is 105 Å². The number of nitrogens with zero attached hydrogens (tertiary/aromatic N) is 1. The molecule has 1 saturated carbocycles. The molecule has 0 aromatic carbocycles. The van der Waals surface area contributed by atoms with E-state index in [1.54, 1.807) is 5.38 Å². The van der Waals surface area contributed by atoms with Crippen molar-refractivity contribution in [1.82, 2.24) is 10.3 Å². The average molecular weight is 283 g/mol. The lowest BCUT2D eigenvalue weighted by Crippen LogP contribution is -2.55. The van der Waals surface area contributed by atoms with Crippen molar-refractivity contribution in [3.63, 3.8) is 0 Å². The average Bonchev–Trinajstić information content (AvgIpc) is 2.88. The first-order valence-corrected chi connectivity index (χ1v) is 7.16. The van der Waals surface area contributed by atoms with Crippen LogP contribution in [0.3, 0.4) is 0 Å². The Hall–Kier alpha value is -1.47. The molecule has 1 aromatic rings. The van der Waals surface area contributed by atoms with Crippen molar-refractivity contribution >= 4 is 23.2 Å². The first kappa shape index (κ1) is 14.0. The van der Waals surface area contributed by atoms with Gasteiger partial charge in [0.1, 0.15) is 16.2 Å². The largest absolute Gasteiger partial charge is 0.480 e. The third-order valence-corrected chi connectivity index (χ3v) is 4.30. The molecule has 1 aliphatic rings.